The van der Waals surface area contributed by atoms with Crippen molar-refractivity contribution in [2.45, 2.75) is 38.5 Å². The third-order valence-corrected chi connectivity index (χ3v) is 5.30. The molecule has 8 heteroatoms. The first-order valence-corrected chi connectivity index (χ1v) is 9.32. The van der Waals surface area contributed by atoms with E-state index in [-0.39, 0.29) is 29.1 Å². The summed E-state index contributed by atoms with van der Waals surface area (Å²) in [5.41, 5.74) is 10.2. The fraction of sp³-hybridized carbons (Fsp3) is 0.286. The molecule has 0 aliphatic heterocycles. The van der Waals surface area contributed by atoms with Gasteiger partial charge < -0.3 is 10.8 Å². The Morgan fingerprint density at radius 3 is 2.62 bits per heavy atom. The molecule has 1 aromatic carbocycles. The zero-order valence-electron chi connectivity index (χ0n) is 16.2. The van der Waals surface area contributed by atoms with E-state index in [2.05, 4.69) is 34.0 Å². The van der Waals surface area contributed by atoms with Gasteiger partial charge in [-0.25, -0.2) is 14.8 Å². The fourth-order valence-corrected chi connectivity index (χ4v) is 3.89. The van der Waals surface area contributed by atoms with Gasteiger partial charge in [-0.1, -0.05) is 26.0 Å². The number of hydrogen-bond acceptors (Lipinski definition) is 6. The van der Waals surface area contributed by atoms with Crippen LogP contribution in [0.5, 0.6) is 0 Å². The van der Waals surface area contributed by atoms with Crippen molar-refractivity contribution in [2.75, 3.05) is 5.73 Å². The van der Waals surface area contributed by atoms with Crippen LogP contribution in [0.2, 0.25) is 0 Å². The normalized spacial score (nSPS) is 14.1. The number of Topliss-reactive ketones (excluding diaryl/α,β-unsaturated/α-hetero) is 1. The smallest absolute Gasteiger partial charge is 0.335 e. The molecule has 4 N–H and O–H groups in total. The molecule has 0 radical (unpaired) electrons. The number of nitrogens with zero attached hydrogens (tertiary/aromatic N) is 3. The highest BCUT2D eigenvalue weighted by molar-refractivity contribution is 5.98. The number of carbonyl (C=O) groups is 2. The van der Waals surface area contributed by atoms with Crippen molar-refractivity contribution >= 4 is 17.7 Å². The average molecular weight is 391 g/mol. The van der Waals surface area contributed by atoms with Gasteiger partial charge >= 0.3 is 5.97 Å². The summed E-state index contributed by atoms with van der Waals surface area (Å²) in [6, 6.07) is 6.56. The maximum atomic E-state index is 13.0. The van der Waals surface area contributed by atoms with E-state index in [1.54, 1.807) is 30.5 Å². The summed E-state index contributed by atoms with van der Waals surface area (Å²) < 4.78 is 0. The van der Waals surface area contributed by atoms with Gasteiger partial charge in [-0.2, -0.15) is 5.10 Å². The lowest BCUT2D eigenvalue weighted by Gasteiger charge is -2.30. The van der Waals surface area contributed by atoms with Crippen LogP contribution in [-0.2, 0) is 18.3 Å². The first-order chi connectivity index (χ1) is 13.8. The molecule has 2 aromatic heterocycles. The van der Waals surface area contributed by atoms with Crippen LogP contribution in [-0.4, -0.2) is 37.0 Å². The number of aromatic nitrogens is 4. The molecule has 0 fully saturated rings. The summed E-state index contributed by atoms with van der Waals surface area (Å²) in [6.07, 6.45) is 3.21. The number of carbonyl (C=O) groups excluding carboxylic acids is 1. The van der Waals surface area contributed by atoms with E-state index in [9.17, 15) is 9.59 Å². The minimum absolute atomic E-state index is 0.0420. The van der Waals surface area contributed by atoms with Crippen molar-refractivity contribution in [1.82, 2.24) is 20.2 Å². The second kappa shape index (κ2) is 6.80. The molecule has 0 unspecified atom stereocenters. The Labute approximate surface area is 167 Å². The first-order valence-electron chi connectivity index (χ1n) is 9.32. The monoisotopic (exact) mass is 391 g/mol. The Hall–Kier alpha value is -3.55. The summed E-state index contributed by atoms with van der Waals surface area (Å²) in [7, 11) is 0. The number of aromatic carboxylic acids is 1. The maximum absolute atomic E-state index is 13.0. The van der Waals surface area contributed by atoms with Crippen LogP contribution in [0.25, 0.3) is 11.4 Å². The predicted molar refractivity (Wildman–Crippen MR) is 107 cm³/mol. The van der Waals surface area contributed by atoms with Gasteiger partial charge in [0, 0.05) is 18.2 Å². The molecule has 2 heterocycles. The molecule has 3 aromatic rings. The Morgan fingerprint density at radius 1 is 1.21 bits per heavy atom. The number of rotatable bonds is 5. The van der Waals surface area contributed by atoms with Crippen molar-refractivity contribution < 1.29 is 14.7 Å². The summed E-state index contributed by atoms with van der Waals surface area (Å²) in [5.74, 6) is -0.835. The number of aromatic amines is 1. The summed E-state index contributed by atoms with van der Waals surface area (Å²) in [5, 5.41) is 16.3. The molecule has 0 atom stereocenters. The Morgan fingerprint density at radius 2 is 1.93 bits per heavy atom. The third-order valence-electron chi connectivity index (χ3n) is 5.30. The first kappa shape index (κ1) is 18.8. The molecule has 29 heavy (non-hydrogen) atoms. The Kier molecular flexibility index (Phi) is 4.41. The summed E-state index contributed by atoms with van der Waals surface area (Å²) in [4.78, 5) is 32.3. The number of benzene rings is 1. The highest BCUT2D eigenvalue weighted by Gasteiger charge is 2.38. The number of anilines is 1. The van der Waals surface area contributed by atoms with E-state index in [1.807, 2.05) is 0 Å². The molecule has 0 saturated heterocycles. The minimum Gasteiger partial charge on any atom is -0.478 e. The van der Waals surface area contributed by atoms with Crippen molar-refractivity contribution in [3.05, 3.63) is 58.4 Å². The average Bonchev–Trinajstić information content (AvgIpc) is 3.14. The lowest BCUT2D eigenvalue weighted by atomic mass is 9.72. The molecule has 0 bridgehead atoms. The standard InChI is InChI=1S/C21H21N5O3/c1-21(2)9-13-10-23-20(22)24-16(13)18-15(21)17(25-26-18)14(27)8-5-11-3-6-12(7-4-11)19(28)29/h3-4,6-7,10H,5,8-9H2,1-2H3,(H,25,26)(H,28,29)(H2,22,23,24). The summed E-state index contributed by atoms with van der Waals surface area (Å²) in [6.45, 7) is 4.14. The highest BCUT2D eigenvalue weighted by Crippen LogP contribution is 2.42. The van der Waals surface area contributed by atoms with E-state index in [0.717, 1.165) is 16.7 Å². The van der Waals surface area contributed by atoms with Crippen LogP contribution in [0.4, 0.5) is 5.95 Å². The molecule has 0 amide bonds. The molecular formula is C21H21N5O3. The fourth-order valence-electron chi connectivity index (χ4n) is 3.89. The lowest BCUT2D eigenvalue weighted by Crippen LogP contribution is -2.28. The number of fused-ring (bicyclic) bond motifs is 3. The minimum atomic E-state index is -0.969. The Balaban J connectivity index is 1.60. The Bertz CT molecular complexity index is 1120. The SMILES string of the molecule is CC1(C)Cc2cnc(N)nc2-c2n[nH]c(C(=O)CCc3ccc(C(=O)O)cc3)c21. The largest absolute Gasteiger partial charge is 0.478 e. The second-order valence-corrected chi connectivity index (χ2v) is 7.91. The van der Waals surface area contributed by atoms with Gasteiger partial charge in [0.15, 0.2) is 5.78 Å². The van der Waals surface area contributed by atoms with Gasteiger partial charge in [0.1, 0.15) is 11.4 Å². The van der Waals surface area contributed by atoms with E-state index >= 15 is 0 Å². The maximum Gasteiger partial charge on any atom is 0.335 e. The number of nitrogens with two attached hydrogens (primary N) is 1. The van der Waals surface area contributed by atoms with E-state index in [0.29, 0.717) is 29.9 Å². The third kappa shape index (κ3) is 3.37. The van der Waals surface area contributed by atoms with Crippen LogP contribution in [0, 0.1) is 0 Å². The van der Waals surface area contributed by atoms with Crippen LogP contribution >= 0.6 is 0 Å². The van der Waals surface area contributed by atoms with E-state index in [4.69, 9.17) is 10.8 Å². The van der Waals surface area contributed by atoms with Crippen LogP contribution in [0.1, 0.15) is 57.8 Å². The molecule has 1 aliphatic carbocycles. The number of nitrogen functional groups attached to an aromatic ring is 1. The van der Waals surface area contributed by atoms with Gasteiger partial charge in [0.2, 0.25) is 5.95 Å². The lowest BCUT2D eigenvalue weighted by molar-refractivity contribution is 0.0696. The van der Waals surface area contributed by atoms with Gasteiger partial charge in [0.25, 0.3) is 0 Å². The second-order valence-electron chi connectivity index (χ2n) is 7.91. The molecule has 0 saturated carbocycles. The van der Waals surface area contributed by atoms with Crippen molar-refractivity contribution in [3.63, 3.8) is 0 Å². The van der Waals surface area contributed by atoms with Crippen molar-refractivity contribution in [2.24, 2.45) is 0 Å². The molecule has 0 spiro atoms. The molecule has 1 aliphatic rings. The number of H-pyrrole nitrogens is 1. The zero-order valence-corrected chi connectivity index (χ0v) is 16.2. The van der Waals surface area contributed by atoms with E-state index in [1.165, 1.54) is 0 Å². The number of nitrogens with one attached hydrogen (secondary N) is 1. The van der Waals surface area contributed by atoms with Gasteiger partial charge in [0.05, 0.1) is 11.3 Å². The molecule has 148 valence electrons. The number of ketones is 1. The molecule has 4 rings (SSSR count). The van der Waals surface area contributed by atoms with Crippen LogP contribution in [0.15, 0.2) is 30.5 Å². The number of carboxylic acid groups (broad SMARTS) is 1. The van der Waals surface area contributed by atoms with Gasteiger partial charge in [-0.3, -0.25) is 9.89 Å². The molecular weight excluding hydrogens is 370 g/mol. The number of carboxylic acids is 1. The predicted octanol–water partition coefficient (Wildman–Crippen LogP) is 2.80. The zero-order chi connectivity index (χ0) is 20.8. The molecule has 8 nitrogen and oxygen atoms in total. The van der Waals surface area contributed by atoms with Gasteiger partial charge in [-0.15, -0.1) is 0 Å². The van der Waals surface area contributed by atoms with Crippen LogP contribution < -0.4 is 5.73 Å². The van der Waals surface area contributed by atoms with Gasteiger partial charge in [-0.05, 0) is 41.5 Å². The van der Waals surface area contributed by atoms with E-state index < -0.39 is 5.97 Å². The quantitative estimate of drug-likeness (QED) is 0.569. The van der Waals surface area contributed by atoms with Crippen molar-refractivity contribution in [1.29, 1.82) is 0 Å². The van der Waals surface area contributed by atoms with Crippen LogP contribution in [0.3, 0.4) is 0 Å². The highest BCUT2D eigenvalue weighted by atomic mass is 16.4. The van der Waals surface area contributed by atoms with Crippen molar-refractivity contribution in [3.8, 4) is 11.4 Å². The number of aryl methyl sites for hydroxylation is 1. The summed E-state index contributed by atoms with van der Waals surface area (Å²) >= 11 is 0. The topological polar surface area (TPSA) is 135 Å². The number of hydrogen-bond donors (Lipinski definition) is 3.